The molecule has 0 bridgehead atoms. The Morgan fingerprint density at radius 3 is 2.20 bits per heavy atom. The van der Waals surface area contributed by atoms with Crippen LogP contribution in [0.15, 0.2) is 84.9 Å². The summed E-state index contributed by atoms with van der Waals surface area (Å²) < 4.78 is 6.14. The van der Waals surface area contributed by atoms with Crippen LogP contribution in [-0.4, -0.2) is 54.3 Å². The zero-order chi connectivity index (χ0) is 31.7. The normalized spacial score (nSPS) is 12.2. The van der Waals surface area contributed by atoms with Crippen LogP contribution < -0.4 is 15.0 Å². The Hall–Kier alpha value is -4.43. The van der Waals surface area contributed by atoms with Crippen LogP contribution in [0.3, 0.4) is 0 Å². The number of carbonyl (C=O) groups is 3. The number of ether oxygens (including phenoxy) is 1. The summed E-state index contributed by atoms with van der Waals surface area (Å²) in [4.78, 5) is 34.9. The second kappa shape index (κ2) is 18.3. The second-order valence-corrected chi connectivity index (χ2v) is 11.2. The molecule has 1 aliphatic carbocycles. The monoisotopic (exact) mass is 600 g/mol. The summed E-state index contributed by atoms with van der Waals surface area (Å²) in [6, 6.07) is 24.8. The van der Waals surface area contributed by atoms with Gasteiger partial charge in [-0.3, -0.25) is 4.79 Å². The number of anilines is 1. The zero-order valence-electron chi connectivity index (χ0n) is 25.7. The highest BCUT2D eigenvalue weighted by Crippen LogP contribution is 2.31. The third-order valence-corrected chi connectivity index (χ3v) is 7.11. The van der Waals surface area contributed by atoms with Crippen molar-refractivity contribution in [2.45, 2.75) is 52.4 Å². The molecule has 0 saturated heterocycles. The van der Waals surface area contributed by atoms with Gasteiger partial charge in [-0.15, -0.1) is 0 Å². The largest absolute Gasteiger partial charge is 0.491 e. The van der Waals surface area contributed by atoms with Gasteiger partial charge < -0.3 is 25.2 Å². The van der Waals surface area contributed by atoms with Gasteiger partial charge in [0.15, 0.2) is 0 Å². The van der Waals surface area contributed by atoms with E-state index in [2.05, 4.69) is 55.6 Å². The van der Waals surface area contributed by atoms with E-state index in [4.69, 9.17) is 14.9 Å². The van der Waals surface area contributed by atoms with Gasteiger partial charge in [0.05, 0.1) is 12.3 Å². The van der Waals surface area contributed by atoms with E-state index < -0.39 is 11.9 Å². The molecular weight excluding hydrogens is 556 g/mol. The Morgan fingerprint density at radius 1 is 0.864 bits per heavy atom. The number of para-hydroxylation sites is 2. The number of carbonyl (C=O) groups excluding carboxylic acids is 1. The van der Waals surface area contributed by atoms with Gasteiger partial charge in [0, 0.05) is 24.3 Å². The maximum atomic E-state index is 13.9. The van der Waals surface area contributed by atoms with E-state index in [0.717, 1.165) is 55.8 Å². The van der Waals surface area contributed by atoms with Crippen molar-refractivity contribution in [2.75, 3.05) is 31.1 Å². The highest BCUT2D eigenvalue weighted by atomic mass is 16.5. The van der Waals surface area contributed by atoms with E-state index in [9.17, 15) is 14.4 Å². The lowest BCUT2D eigenvalue weighted by molar-refractivity contribution is -0.134. The van der Waals surface area contributed by atoms with E-state index in [1.54, 1.807) is 0 Å². The molecule has 234 valence electrons. The summed E-state index contributed by atoms with van der Waals surface area (Å²) in [6.07, 6.45) is 7.61. The fourth-order valence-electron chi connectivity index (χ4n) is 4.92. The van der Waals surface area contributed by atoms with Crippen molar-refractivity contribution >= 4 is 23.5 Å². The lowest BCUT2D eigenvalue weighted by Crippen LogP contribution is -2.34. The minimum atomic E-state index is -1.26. The number of nitrogens with zero attached hydrogens (tertiary/aromatic N) is 1. The molecule has 0 aliphatic heterocycles. The fourth-order valence-corrected chi connectivity index (χ4v) is 4.92. The van der Waals surface area contributed by atoms with E-state index in [1.807, 2.05) is 41.3 Å². The van der Waals surface area contributed by atoms with Crippen LogP contribution in [0.1, 0.15) is 60.2 Å². The average Bonchev–Trinajstić information content (AvgIpc) is 3.03. The molecule has 3 N–H and O–H groups in total. The number of benzene rings is 3. The van der Waals surface area contributed by atoms with E-state index >= 15 is 0 Å². The molecule has 8 nitrogen and oxygen atoms in total. The molecule has 0 unspecified atom stereocenters. The van der Waals surface area contributed by atoms with Crippen LogP contribution in [0.4, 0.5) is 5.69 Å². The summed E-state index contributed by atoms with van der Waals surface area (Å²) in [5.41, 5.74) is 5.69. The molecular formula is C36H44N2O6. The third-order valence-electron chi connectivity index (χ3n) is 7.11. The van der Waals surface area contributed by atoms with Crippen LogP contribution in [0.5, 0.6) is 5.75 Å². The third kappa shape index (κ3) is 11.7. The lowest BCUT2D eigenvalue weighted by Gasteiger charge is -2.26. The molecule has 8 heteroatoms. The van der Waals surface area contributed by atoms with Crippen molar-refractivity contribution < 1.29 is 29.3 Å². The Kier molecular flexibility index (Phi) is 14.2. The van der Waals surface area contributed by atoms with Crippen LogP contribution in [0, 0.1) is 5.92 Å². The highest BCUT2D eigenvalue weighted by Gasteiger charge is 2.22. The number of hydrogen-bond acceptors (Lipinski definition) is 5. The van der Waals surface area contributed by atoms with Gasteiger partial charge in [-0.25, -0.2) is 9.59 Å². The van der Waals surface area contributed by atoms with E-state index in [-0.39, 0.29) is 5.91 Å². The van der Waals surface area contributed by atoms with Crippen LogP contribution in [0.25, 0.3) is 0 Å². The standard InChI is InChI=1S/C32H40N2O2.C4H4O4/c1-25(2)24-36-31-16-9-8-15-30(31)34(22-10-20-33-21-19-26-11-4-3-5-12-26)32(35)29-18-17-27-13-6-7-14-28(27)23-29;5-3(6)1-2-4(7)8/h3-5,8-9,11-12,15-18,23,25,33H,6-7,10,13-14,19-22,24H2,1-2H3;1-2H,(H,5,6)(H,7,8). The van der Waals surface area contributed by atoms with Crippen molar-refractivity contribution in [1.29, 1.82) is 0 Å². The molecule has 4 rings (SSSR count). The first-order chi connectivity index (χ1) is 21.2. The van der Waals surface area contributed by atoms with Gasteiger partial charge in [0.1, 0.15) is 5.75 Å². The first-order valence-electron chi connectivity index (χ1n) is 15.3. The summed E-state index contributed by atoms with van der Waals surface area (Å²) in [6.45, 7) is 7.32. The number of rotatable bonds is 14. The van der Waals surface area contributed by atoms with E-state index in [0.29, 0.717) is 31.2 Å². The number of aliphatic carboxylic acids is 2. The molecule has 0 fully saturated rings. The maximum absolute atomic E-state index is 13.9. The van der Waals surface area contributed by atoms with Crippen LogP contribution >= 0.6 is 0 Å². The summed E-state index contributed by atoms with van der Waals surface area (Å²) >= 11 is 0. The van der Waals surface area contributed by atoms with Crippen LogP contribution in [-0.2, 0) is 28.9 Å². The molecule has 0 heterocycles. The Morgan fingerprint density at radius 2 is 1.52 bits per heavy atom. The van der Waals surface area contributed by atoms with Crippen molar-refractivity contribution in [1.82, 2.24) is 5.32 Å². The first kappa shape index (κ1) is 34.1. The molecule has 0 atom stereocenters. The van der Waals surface area contributed by atoms with Gasteiger partial charge in [-0.2, -0.15) is 0 Å². The minimum absolute atomic E-state index is 0.0493. The average molecular weight is 601 g/mol. The Labute approximate surface area is 260 Å². The highest BCUT2D eigenvalue weighted by molar-refractivity contribution is 6.07. The Bertz CT molecular complexity index is 1370. The molecule has 3 aromatic rings. The molecule has 1 amide bonds. The maximum Gasteiger partial charge on any atom is 0.328 e. The number of amides is 1. The van der Waals surface area contributed by atoms with Crippen molar-refractivity contribution in [2.24, 2.45) is 5.92 Å². The Balaban J connectivity index is 0.000000583. The number of carboxylic acid groups (broad SMARTS) is 2. The molecule has 3 aromatic carbocycles. The molecule has 0 radical (unpaired) electrons. The minimum Gasteiger partial charge on any atom is -0.491 e. The number of hydrogen-bond donors (Lipinski definition) is 3. The fraction of sp³-hybridized carbons (Fsp3) is 0.361. The van der Waals surface area contributed by atoms with Crippen molar-refractivity contribution in [3.05, 3.63) is 107 Å². The summed E-state index contributed by atoms with van der Waals surface area (Å²) in [5.74, 6) is -1.28. The SMILES string of the molecule is CC(C)COc1ccccc1N(CCCNCCc1ccccc1)C(=O)c1ccc2c(c1)CCCC2.O=C(O)C=CC(=O)O. The van der Waals surface area contributed by atoms with Gasteiger partial charge in [-0.05, 0) is 98.5 Å². The lowest BCUT2D eigenvalue weighted by atomic mass is 9.90. The second-order valence-electron chi connectivity index (χ2n) is 11.2. The quantitative estimate of drug-likeness (QED) is 0.149. The molecule has 1 aliphatic rings. The molecule has 0 saturated carbocycles. The summed E-state index contributed by atoms with van der Waals surface area (Å²) in [5, 5.41) is 19.2. The van der Waals surface area contributed by atoms with E-state index in [1.165, 1.54) is 29.5 Å². The topological polar surface area (TPSA) is 116 Å². The molecule has 0 aromatic heterocycles. The van der Waals surface area contributed by atoms with Gasteiger partial charge in [-0.1, -0.05) is 62.4 Å². The molecule has 0 spiro atoms. The van der Waals surface area contributed by atoms with Gasteiger partial charge >= 0.3 is 11.9 Å². The predicted molar refractivity (Wildman–Crippen MR) is 174 cm³/mol. The number of aryl methyl sites for hydroxylation is 2. The van der Waals surface area contributed by atoms with Gasteiger partial charge in [0.25, 0.3) is 5.91 Å². The number of fused-ring (bicyclic) bond motifs is 1. The first-order valence-corrected chi connectivity index (χ1v) is 15.3. The summed E-state index contributed by atoms with van der Waals surface area (Å²) in [7, 11) is 0. The van der Waals surface area contributed by atoms with Crippen molar-refractivity contribution in [3.8, 4) is 5.75 Å². The number of nitrogens with one attached hydrogen (secondary N) is 1. The molecule has 44 heavy (non-hydrogen) atoms. The van der Waals surface area contributed by atoms with Crippen LogP contribution in [0.2, 0.25) is 0 Å². The zero-order valence-corrected chi connectivity index (χ0v) is 25.7. The van der Waals surface area contributed by atoms with Crippen molar-refractivity contribution in [3.63, 3.8) is 0 Å². The smallest absolute Gasteiger partial charge is 0.328 e. The van der Waals surface area contributed by atoms with Gasteiger partial charge in [0.2, 0.25) is 0 Å². The predicted octanol–water partition coefficient (Wildman–Crippen LogP) is 6.18. The number of carboxylic acids is 2.